The monoisotopic (exact) mass is 379 g/mol. The van der Waals surface area contributed by atoms with E-state index in [0.717, 1.165) is 5.69 Å². The molecule has 1 fully saturated rings. The number of carbonyl (C=O) groups excluding carboxylic acids is 1. The van der Waals surface area contributed by atoms with Crippen LogP contribution in [0.5, 0.6) is 5.88 Å². The van der Waals surface area contributed by atoms with Gasteiger partial charge in [0, 0.05) is 19.3 Å². The van der Waals surface area contributed by atoms with Crippen molar-refractivity contribution in [2.45, 2.75) is 13.0 Å². The summed E-state index contributed by atoms with van der Waals surface area (Å²) < 4.78 is 13.4. The number of aromatic nitrogens is 2. The van der Waals surface area contributed by atoms with Crippen molar-refractivity contribution in [1.82, 2.24) is 14.7 Å². The summed E-state index contributed by atoms with van der Waals surface area (Å²) in [7, 11) is 0. The summed E-state index contributed by atoms with van der Waals surface area (Å²) in [5.74, 6) is 0.359. The number of rotatable bonds is 4. The van der Waals surface area contributed by atoms with Crippen molar-refractivity contribution in [2.24, 2.45) is 0 Å². The van der Waals surface area contributed by atoms with Crippen LogP contribution in [0.2, 0.25) is 0 Å². The standard InChI is InChI=1S/C16H18BrN3O3/c1-12(16(21)19-7-9-22-10-8-19)23-15-14(17)11-20(18-15)13-5-3-2-4-6-13/h2-6,11-12H,7-10H2,1H3/t12-/m0/s1. The predicted molar refractivity (Wildman–Crippen MR) is 88.8 cm³/mol. The van der Waals surface area contributed by atoms with Gasteiger partial charge in [-0.3, -0.25) is 4.79 Å². The molecule has 1 aromatic carbocycles. The number of amides is 1. The fourth-order valence-electron chi connectivity index (χ4n) is 2.39. The third kappa shape index (κ3) is 3.73. The summed E-state index contributed by atoms with van der Waals surface area (Å²) >= 11 is 3.43. The Morgan fingerprint density at radius 3 is 2.70 bits per heavy atom. The SMILES string of the molecule is C[C@H](Oc1nn(-c2ccccc2)cc1Br)C(=O)N1CCOCC1. The van der Waals surface area contributed by atoms with E-state index in [0.29, 0.717) is 36.7 Å². The Balaban J connectivity index is 1.70. The van der Waals surface area contributed by atoms with Crippen LogP contribution in [-0.4, -0.2) is 53.0 Å². The number of carbonyl (C=O) groups is 1. The van der Waals surface area contributed by atoms with Crippen molar-refractivity contribution in [3.63, 3.8) is 0 Å². The van der Waals surface area contributed by atoms with Crippen molar-refractivity contribution in [2.75, 3.05) is 26.3 Å². The third-order valence-corrected chi connectivity index (χ3v) is 4.16. The third-order valence-electron chi connectivity index (χ3n) is 3.62. The molecule has 1 aromatic heterocycles. The Hall–Kier alpha value is -1.86. The molecule has 1 aliphatic heterocycles. The molecule has 1 atom stereocenters. The highest BCUT2D eigenvalue weighted by Crippen LogP contribution is 2.25. The van der Waals surface area contributed by atoms with Gasteiger partial charge in [0.2, 0.25) is 5.88 Å². The highest BCUT2D eigenvalue weighted by Gasteiger charge is 2.25. The summed E-state index contributed by atoms with van der Waals surface area (Å²) in [5, 5.41) is 4.40. The average molecular weight is 380 g/mol. The lowest BCUT2D eigenvalue weighted by Gasteiger charge is -2.29. The number of benzene rings is 1. The fraction of sp³-hybridized carbons (Fsp3) is 0.375. The maximum atomic E-state index is 12.4. The van der Waals surface area contributed by atoms with E-state index in [4.69, 9.17) is 9.47 Å². The van der Waals surface area contributed by atoms with Crippen molar-refractivity contribution >= 4 is 21.8 Å². The summed E-state index contributed by atoms with van der Waals surface area (Å²) in [6.45, 7) is 4.10. The van der Waals surface area contributed by atoms with Crippen LogP contribution in [0.4, 0.5) is 0 Å². The minimum atomic E-state index is -0.594. The first-order valence-corrected chi connectivity index (χ1v) is 8.28. The van der Waals surface area contributed by atoms with Crippen LogP contribution in [0, 0.1) is 0 Å². The van der Waals surface area contributed by atoms with Gasteiger partial charge in [-0.2, -0.15) is 0 Å². The zero-order chi connectivity index (χ0) is 16.2. The molecule has 0 spiro atoms. The first-order chi connectivity index (χ1) is 11.1. The largest absolute Gasteiger partial charge is 0.463 e. The summed E-state index contributed by atoms with van der Waals surface area (Å²) in [6, 6.07) is 9.73. The van der Waals surface area contributed by atoms with E-state index in [1.807, 2.05) is 36.5 Å². The quantitative estimate of drug-likeness (QED) is 0.817. The summed E-state index contributed by atoms with van der Waals surface area (Å²) in [5.41, 5.74) is 0.926. The lowest BCUT2D eigenvalue weighted by Crippen LogP contribution is -2.46. The van der Waals surface area contributed by atoms with Crippen molar-refractivity contribution in [1.29, 1.82) is 0 Å². The molecule has 0 saturated carbocycles. The number of hydrogen-bond donors (Lipinski definition) is 0. The molecule has 122 valence electrons. The fourth-order valence-corrected chi connectivity index (χ4v) is 2.76. The van der Waals surface area contributed by atoms with E-state index in [-0.39, 0.29) is 5.91 Å². The van der Waals surface area contributed by atoms with Crippen LogP contribution < -0.4 is 4.74 Å². The lowest BCUT2D eigenvalue weighted by molar-refractivity contribution is -0.142. The topological polar surface area (TPSA) is 56.6 Å². The predicted octanol–water partition coefficient (Wildman–Crippen LogP) is 2.26. The van der Waals surface area contributed by atoms with Crippen LogP contribution in [0.25, 0.3) is 5.69 Å². The lowest BCUT2D eigenvalue weighted by atomic mass is 10.3. The van der Waals surface area contributed by atoms with E-state index in [1.54, 1.807) is 16.5 Å². The van der Waals surface area contributed by atoms with Gasteiger partial charge >= 0.3 is 0 Å². The van der Waals surface area contributed by atoms with Gasteiger partial charge in [0.05, 0.1) is 23.4 Å². The Bertz CT molecular complexity index is 668. The summed E-state index contributed by atoms with van der Waals surface area (Å²) in [6.07, 6.45) is 1.22. The van der Waals surface area contributed by atoms with Gasteiger partial charge in [-0.1, -0.05) is 18.2 Å². The van der Waals surface area contributed by atoms with Crippen LogP contribution in [-0.2, 0) is 9.53 Å². The van der Waals surface area contributed by atoms with Gasteiger partial charge in [0.1, 0.15) is 0 Å². The van der Waals surface area contributed by atoms with Gasteiger partial charge in [0.25, 0.3) is 5.91 Å². The normalized spacial score (nSPS) is 16.2. The van der Waals surface area contributed by atoms with Crippen LogP contribution in [0.1, 0.15) is 6.92 Å². The van der Waals surface area contributed by atoms with Gasteiger partial charge in [0.15, 0.2) is 6.10 Å². The molecule has 2 heterocycles. The number of morpholine rings is 1. The minimum absolute atomic E-state index is 0.0468. The first kappa shape index (κ1) is 16.0. The van der Waals surface area contributed by atoms with Crippen LogP contribution in [0.15, 0.2) is 41.0 Å². The summed E-state index contributed by atoms with van der Waals surface area (Å²) in [4.78, 5) is 14.1. The van der Waals surface area contributed by atoms with E-state index in [1.165, 1.54) is 0 Å². The average Bonchev–Trinajstić information content (AvgIpc) is 2.96. The molecular weight excluding hydrogens is 362 g/mol. The molecule has 7 heteroatoms. The molecule has 2 aromatic rings. The van der Waals surface area contributed by atoms with Gasteiger partial charge < -0.3 is 14.4 Å². The van der Waals surface area contributed by atoms with Crippen molar-refractivity contribution in [3.8, 4) is 11.6 Å². The molecule has 0 N–H and O–H groups in total. The van der Waals surface area contributed by atoms with Crippen LogP contribution in [0.3, 0.4) is 0 Å². The maximum Gasteiger partial charge on any atom is 0.263 e. The van der Waals surface area contributed by atoms with Crippen molar-refractivity contribution in [3.05, 3.63) is 41.0 Å². The molecule has 0 radical (unpaired) electrons. The Kier molecular flexibility index (Phi) is 4.97. The Morgan fingerprint density at radius 2 is 2.00 bits per heavy atom. The van der Waals surface area contributed by atoms with Crippen molar-refractivity contribution < 1.29 is 14.3 Å². The zero-order valence-corrected chi connectivity index (χ0v) is 14.4. The van der Waals surface area contributed by atoms with E-state index in [9.17, 15) is 4.79 Å². The zero-order valence-electron chi connectivity index (χ0n) is 12.8. The molecule has 1 aliphatic rings. The van der Waals surface area contributed by atoms with Crippen LogP contribution >= 0.6 is 15.9 Å². The second kappa shape index (κ2) is 7.14. The van der Waals surface area contributed by atoms with Gasteiger partial charge in [-0.15, -0.1) is 5.10 Å². The molecule has 0 bridgehead atoms. The van der Waals surface area contributed by atoms with E-state index < -0.39 is 6.10 Å². The molecular formula is C16H18BrN3O3. The molecule has 3 rings (SSSR count). The van der Waals surface area contributed by atoms with Gasteiger partial charge in [-0.25, -0.2) is 4.68 Å². The Morgan fingerprint density at radius 1 is 1.30 bits per heavy atom. The number of halogens is 1. The molecule has 6 nitrogen and oxygen atoms in total. The van der Waals surface area contributed by atoms with Gasteiger partial charge in [-0.05, 0) is 35.0 Å². The highest BCUT2D eigenvalue weighted by molar-refractivity contribution is 9.10. The molecule has 23 heavy (non-hydrogen) atoms. The second-order valence-corrected chi connectivity index (χ2v) is 6.11. The number of ether oxygens (including phenoxy) is 2. The number of nitrogens with zero attached hydrogens (tertiary/aromatic N) is 3. The maximum absolute atomic E-state index is 12.4. The minimum Gasteiger partial charge on any atom is -0.463 e. The Labute approximate surface area is 143 Å². The molecule has 0 unspecified atom stereocenters. The highest BCUT2D eigenvalue weighted by atomic mass is 79.9. The number of para-hydroxylation sites is 1. The smallest absolute Gasteiger partial charge is 0.263 e. The first-order valence-electron chi connectivity index (χ1n) is 7.49. The van der Waals surface area contributed by atoms with E-state index >= 15 is 0 Å². The second-order valence-electron chi connectivity index (χ2n) is 5.26. The molecule has 0 aliphatic carbocycles. The molecule has 1 saturated heterocycles. The number of hydrogen-bond acceptors (Lipinski definition) is 4. The molecule has 1 amide bonds. The van der Waals surface area contributed by atoms with E-state index in [2.05, 4.69) is 21.0 Å².